The Kier molecular flexibility index (Phi) is 6.66. The Morgan fingerprint density at radius 1 is 1.43 bits per heavy atom. The Morgan fingerprint density at radius 3 is 2.83 bits per heavy atom. The molecule has 23 heavy (non-hydrogen) atoms. The van der Waals surface area contributed by atoms with Gasteiger partial charge in [-0.1, -0.05) is 56.2 Å². The maximum atomic E-state index is 12.6. The molecular formula is C19H27NO3. The highest BCUT2D eigenvalue weighted by atomic mass is 16.6. The minimum atomic E-state index is -0.703. The lowest BCUT2D eigenvalue weighted by Crippen LogP contribution is -2.46. The van der Waals surface area contributed by atoms with Crippen molar-refractivity contribution in [1.82, 2.24) is 4.90 Å². The van der Waals surface area contributed by atoms with Gasteiger partial charge in [-0.3, -0.25) is 4.90 Å². The second-order valence-corrected chi connectivity index (χ2v) is 6.11. The fourth-order valence-electron chi connectivity index (χ4n) is 3.21. The lowest BCUT2D eigenvalue weighted by Gasteiger charge is -2.31. The van der Waals surface area contributed by atoms with Crippen LogP contribution in [0.4, 0.5) is 4.79 Å². The maximum Gasteiger partial charge on any atom is 0.410 e. The lowest BCUT2D eigenvalue weighted by atomic mass is 10.1. The standard InChI is InChI=1S/C19H27NO3/c1-3-5-11-16-12-13-17(18(21)4-2)20(16)19(22)23-14-15-9-7-6-8-10-15/h4,6-10,16-18,21H,2-3,5,11-14H2,1H3/t16-,17-,18?/m0/s1. The van der Waals surface area contributed by atoms with Gasteiger partial charge in [0.25, 0.3) is 0 Å². The van der Waals surface area contributed by atoms with Gasteiger partial charge < -0.3 is 9.84 Å². The molecule has 0 aliphatic carbocycles. The summed E-state index contributed by atoms with van der Waals surface area (Å²) in [6.45, 7) is 6.05. The SMILES string of the molecule is C=CC(O)[C@@H]1CC[C@H](CCCC)N1C(=O)OCc1ccccc1. The van der Waals surface area contributed by atoms with E-state index in [0.717, 1.165) is 37.7 Å². The van der Waals surface area contributed by atoms with Crippen molar-refractivity contribution in [2.45, 2.75) is 63.8 Å². The molecule has 4 heteroatoms. The molecule has 1 aromatic carbocycles. The van der Waals surface area contributed by atoms with E-state index in [1.54, 1.807) is 4.90 Å². The third-order valence-electron chi connectivity index (χ3n) is 4.49. The van der Waals surface area contributed by atoms with E-state index in [2.05, 4.69) is 13.5 Å². The number of unbranched alkanes of at least 4 members (excludes halogenated alkanes) is 1. The second-order valence-electron chi connectivity index (χ2n) is 6.11. The Labute approximate surface area is 138 Å². The summed E-state index contributed by atoms with van der Waals surface area (Å²) in [6, 6.07) is 9.57. The molecule has 1 saturated heterocycles. The largest absolute Gasteiger partial charge is 0.445 e. The van der Waals surface area contributed by atoms with Crippen LogP contribution in [0.15, 0.2) is 43.0 Å². The number of benzene rings is 1. The summed E-state index contributed by atoms with van der Waals surface area (Å²) in [6.07, 6.45) is 5.30. The fraction of sp³-hybridized carbons (Fsp3) is 0.526. The molecule has 4 nitrogen and oxygen atoms in total. The molecule has 0 bridgehead atoms. The maximum absolute atomic E-state index is 12.6. The molecule has 0 saturated carbocycles. The molecule has 1 N–H and O–H groups in total. The molecule has 0 aromatic heterocycles. The van der Waals surface area contributed by atoms with Crippen LogP contribution in [-0.4, -0.2) is 34.3 Å². The van der Waals surface area contributed by atoms with Crippen LogP contribution in [0.5, 0.6) is 0 Å². The van der Waals surface area contributed by atoms with Gasteiger partial charge in [-0.25, -0.2) is 4.79 Å². The molecule has 1 fully saturated rings. The molecule has 1 amide bonds. The van der Waals surface area contributed by atoms with Crippen molar-refractivity contribution in [2.24, 2.45) is 0 Å². The Hall–Kier alpha value is -1.81. The number of aliphatic hydroxyl groups excluding tert-OH is 1. The normalized spacial score (nSPS) is 21.9. The Bertz CT molecular complexity index is 503. The van der Waals surface area contributed by atoms with Crippen LogP contribution < -0.4 is 0 Å². The molecule has 3 atom stereocenters. The highest BCUT2D eigenvalue weighted by molar-refractivity contribution is 5.69. The Balaban J connectivity index is 2.02. The number of amides is 1. The van der Waals surface area contributed by atoms with Gasteiger partial charge >= 0.3 is 6.09 Å². The minimum Gasteiger partial charge on any atom is -0.445 e. The summed E-state index contributed by atoms with van der Waals surface area (Å²) in [5, 5.41) is 10.1. The minimum absolute atomic E-state index is 0.151. The van der Waals surface area contributed by atoms with Gasteiger partial charge in [-0.15, -0.1) is 6.58 Å². The summed E-state index contributed by atoms with van der Waals surface area (Å²) in [5.74, 6) is 0. The van der Waals surface area contributed by atoms with Gasteiger partial charge in [0, 0.05) is 6.04 Å². The van der Waals surface area contributed by atoms with Crippen LogP contribution in [-0.2, 0) is 11.3 Å². The molecule has 126 valence electrons. The van der Waals surface area contributed by atoms with Crippen LogP contribution in [0.1, 0.15) is 44.6 Å². The molecule has 1 aliphatic heterocycles. The van der Waals surface area contributed by atoms with Gasteiger partial charge in [0.1, 0.15) is 6.61 Å². The molecule has 1 unspecified atom stereocenters. The summed E-state index contributed by atoms with van der Waals surface area (Å²) >= 11 is 0. The van der Waals surface area contributed by atoms with Gasteiger partial charge in [0.2, 0.25) is 0 Å². The number of carbonyl (C=O) groups is 1. The predicted octanol–water partition coefficient (Wildman–Crippen LogP) is 3.89. The number of nitrogens with zero attached hydrogens (tertiary/aromatic N) is 1. The summed E-state index contributed by atoms with van der Waals surface area (Å²) in [5.41, 5.74) is 0.964. The average molecular weight is 317 g/mol. The summed E-state index contributed by atoms with van der Waals surface area (Å²) < 4.78 is 5.49. The first kappa shape index (κ1) is 17.5. The van der Waals surface area contributed by atoms with Crippen molar-refractivity contribution in [3.05, 3.63) is 48.6 Å². The molecule has 0 radical (unpaired) electrons. The third kappa shape index (κ3) is 4.58. The van der Waals surface area contributed by atoms with Crippen LogP contribution in [0, 0.1) is 0 Å². The van der Waals surface area contributed by atoms with Gasteiger partial charge in [0.05, 0.1) is 12.1 Å². The van der Waals surface area contributed by atoms with Crippen molar-refractivity contribution in [2.75, 3.05) is 0 Å². The van der Waals surface area contributed by atoms with E-state index in [1.165, 1.54) is 6.08 Å². The van der Waals surface area contributed by atoms with Crippen LogP contribution in [0.3, 0.4) is 0 Å². The number of ether oxygens (including phenoxy) is 1. The van der Waals surface area contributed by atoms with Crippen LogP contribution in [0.2, 0.25) is 0 Å². The number of likely N-dealkylation sites (tertiary alicyclic amines) is 1. The van der Waals surface area contributed by atoms with E-state index >= 15 is 0 Å². The Morgan fingerprint density at radius 2 is 2.17 bits per heavy atom. The van der Waals surface area contributed by atoms with Crippen LogP contribution >= 0.6 is 0 Å². The molecular weight excluding hydrogens is 290 g/mol. The van der Waals surface area contributed by atoms with Crippen molar-refractivity contribution >= 4 is 6.09 Å². The highest BCUT2D eigenvalue weighted by Gasteiger charge is 2.40. The molecule has 0 spiro atoms. The smallest absolute Gasteiger partial charge is 0.410 e. The second kappa shape index (κ2) is 8.73. The zero-order chi connectivity index (χ0) is 16.7. The summed E-state index contributed by atoms with van der Waals surface area (Å²) in [7, 11) is 0. The van der Waals surface area contributed by atoms with E-state index in [4.69, 9.17) is 4.74 Å². The van der Waals surface area contributed by atoms with Gasteiger partial charge in [-0.05, 0) is 24.8 Å². The number of aliphatic hydroxyl groups is 1. The number of carbonyl (C=O) groups excluding carboxylic acids is 1. The highest BCUT2D eigenvalue weighted by Crippen LogP contribution is 2.30. The third-order valence-corrected chi connectivity index (χ3v) is 4.49. The van der Waals surface area contributed by atoms with E-state index in [-0.39, 0.29) is 24.8 Å². The molecule has 1 aromatic rings. The first-order valence-corrected chi connectivity index (χ1v) is 8.47. The zero-order valence-electron chi connectivity index (χ0n) is 13.9. The fourth-order valence-corrected chi connectivity index (χ4v) is 3.21. The quantitative estimate of drug-likeness (QED) is 0.776. The van der Waals surface area contributed by atoms with E-state index in [1.807, 2.05) is 30.3 Å². The van der Waals surface area contributed by atoms with Crippen molar-refractivity contribution in [1.29, 1.82) is 0 Å². The summed E-state index contributed by atoms with van der Waals surface area (Å²) in [4.78, 5) is 14.3. The van der Waals surface area contributed by atoms with E-state index in [0.29, 0.717) is 0 Å². The first-order valence-electron chi connectivity index (χ1n) is 8.47. The molecule has 1 aliphatic rings. The predicted molar refractivity (Wildman–Crippen MR) is 91.0 cm³/mol. The van der Waals surface area contributed by atoms with E-state index in [9.17, 15) is 9.90 Å². The van der Waals surface area contributed by atoms with E-state index < -0.39 is 6.10 Å². The van der Waals surface area contributed by atoms with Crippen LogP contribution in [0.25, 0.3) is 0 Å². The van der Waals surface area contributed by atoms with Crippen molar-refractivity contribution < 1.29 is 14.6 Å². The number of hydrogen-bond donors (Lipinski definition) is 1. The number of rotatable bonds is 7. The van der Waals surface area contributed by atoms with Gasteiger partial charge in [0.15, 0.2) is 0 Å². The lowest BCUT2D eigenvalue weighted by molar-refractivity contribution is 0.0481. The first-order chi connectivity index (χ1) is 11.2. The zero-order valence-corrected chi connectivity index (χ0v) is 13.9. The molecule has 1 heterocycles. The monoisotopic (exact) mass is 317 g/mol. The number of hydrogen-bond acceptors (Lipinski definition) is 3. The van der Waals surface area contributed by atoms with Gasteiger partial charge in [-0.2, -0.15) is 0 Å². The van der Waals surface area contributed by atoms with Crippen molar-refractivity contribution in [3.63, 3.8) is 0 Å². The van der Waals surface area contributed by atoms with Crippen molar-refractivity contribution in [3.8, 4) is 0 Å². The topological polar surface area (TPSA) is 49.8 Å². The molecule has 2 rings (SSSR count). The average Bonchev–Trinajstić information content (AvgIpc) is 3.02.